The molecule has 1 aliphatic carbocycles. The fourth-order valence-electron chi connectivity index (χ4n) is 2.76. The summed E-state index contributed by atoms with van der Waals surface area (Å²) in [5.74, 6) is 0.427. The third kappa shape index (κ3) is 1.87. The number of benzene rings is 1. The average Bonchev–Trinajstić information content (AvgIpc) is 2.92. The lowest BCUT2D eigenvalue weighted by Crippen LogP contribution is -2.24. The molecule has 0 saturated heterocycles. The number of nitrogens with zero attached hydrogens (tertiary/aromatic N) is 3. The molecule has 0 spiro atoms. The minimum absolute atomic E-state index is 0.0354. The Morgan fingerprint density at radius 1 is 1.33 bits per heavy atom. The third-order valence-corrected chi connectivity index (χ3v) is 4.30. The van der Waals surface area contributed by atoms with Gasteiger partial charge in [0.25, 0.3) is 0 Å². The second-order valence-electron chi connectivity index (χ2n) is 4.85. The molecule has 0 aliphatic heterocycles. The smallest absolute Gasteiger partial charge is 0.153 e. The summed E-state index contributed by atoms with van der Waals surface area (Å²) in [6, 6.07) is 8.53. The van der Waals surface area contributed by atoms with Crippen LogP contribution in [0.2, 0.25) is 0 Å². The molecule has 2 aromatic rings. The van der Waals surface area contributed by atoms with Crippen molar-refractivity contribution in [2.24, 2.45) is 18.7 Å². The van der Waals surface area contributed by atoms with E-state index < -0.39 is 0 Å². The summed E-state index contributed by atoms with van der Waals surface area (Å²) >= 11 is 3.43. The Bertz CT molecular complexity index is 534. The molecule has 1 unspecified atom stereocenters. The topological polar surface area (TPSA) is 56.7 Å². The van der Waals surface area contributed by atoms with Crippen molar-refractivity contribution in [1.82, 2.24) is 15.0 Å². The summed E-state index contributed by atoms with van der Waals surface area (Å²) in [7, 11) is 1.88. The van der Waals surface area contributed by atoms with Crippen LogP contribution in [0.5, 0.6) is 0 Å². The van der Waals surface area contributed by atoms with Gasteiger partial charge in [0, 0.05) is 7.05 Å². The van der Waals surface area contributed by atoms with Crippen LogP contribution in [-0.4, -0.2) is 15.0 Å². The number of nitrogens with two attached hydrogens (primary N) is 1. The first-order valence-corrected chi connectivity index (χ1v) is 6.83. The first-order valence-electron chi connectivity index (χ1n) is 6.04. The van der Waals surface area contributed by atoms with Gasteiger partial charge in [0.05, 0.1) is 11.7 Å². The molecule has 1 aromatic heterocycles. The van der Waals surface area contributed by atoms with E-state index in [1.165, 1.54) is 11.1 Å². The molecule has 18 heavy (non-hydrogen) atoms. The molecule has 94 valence electrons. The molecular weight excluding hydrogens is 292 g/mol. The van der Waals surface area contributed by atoms with Gasteiger partial charge >= 0.3 is 0 Å². The van der Waals surface area contributed by atoms with Gasteiger partial charge in [-0.25, -0.2) is 4.68 Å². The highest BCUT2D eigenvalue weighted by Gasteiger charge is 2.30. The van der Waals surface area contributed by atoms with Gasteiger partial charge in [0.15, 0.2) is 4.60 Å². The largest absolute Gasteiger partial charge is 0.322 e. The van der Waals surface area contributed by atoms with Crippen molar-refractivity contribution in [3.8, 4) is 0 Å². The third-order valence-electron chi connectivity index (χ3n) is 3.73. The van der Waals surface area contributed by atoms with Crippen LogP contribution in [0, 0.1) is 5.92 Å². The Labute approximate surface area is 114 Å². The number of aryl methyl sites for hydroxylation is 1. The molecule has 0 amide bonds. The monoisotopic (exact) mass is 306 g/mol. The molecule has 1 atom stereocenters. The zero-order chi connectivity index (χ0) is 12.7. The number of rotatable bonds is 2. The van der Waals surface area contributed by atoms with Gasteiger partial charge in [-0.2, -0.15) is 0 Å². The SMILES string of the molecule is Cn1nnc(Br)c1C(N)C1Cc2ccccc2C1. The molecule has 1 heterocycles. The number of halogens is 1. The molecule has 1 aromatic carbocycles. The minimum Gasteiger partial charge on any atom is -0.322 e. The number of hydrogen-bond donors (Lipinski definition) is 1. The molecule has 4 nitrogen and oxygen atoms in total. The second kappa shape index (κ2) is 4.48. The maximum atomic E-state index is 6.39. The number of aromatic nitrogens is 3. The predicted molar refractivity (Wildman–Crippen MR) is 73.0 cm³/mol. The lowest BCUT2D eigenvalue weighted by Gasteiger charge is -2.18. The van der Waals surface area contributed by atoms with Gasteiger partial charge in [-0.3, -0.25) is 0 Å². The molecule has 0 radical (unpaired) electrons. The van der Waals surface area contributed by atoms with Crippen molar-refractivity contribution in [3.05, 3.63) is 45.7 Å². The fraction of sp³-hybridized carbons (Fsp3) is 0.385. The van der Waals surface area contributed by atoms with Gasteiger partial charge < -0.3 is 5.73 Å². The predicted octanol–water partition coefficient (Wildman–Crippen LogP) is 1.99. The highest BCUT2D eigenvalue weighted by molar-refractivity contribution is 9.10. The van der Waals surface area contributed by atoms with E-state index in [4.69, 9.17) is 5.73 Å². The molecule has 1 aliphatic rings. The highest BCUT2D eigenvalue weighted by atomic mass is 79.9. The Morgan fingerprint density at radius 2 is 1.94 bits per heavy atom. The van der Waals surface area contributed by atoms with Crippen molar-refractivity contribution in [3.63, 3.8) is 0 Å². The molecule has 0 bridgehead atoms. The van der Waals surface area contributed by atoms with Gasteiger partial charge in [0.1, 0.15) is 0 Å². The lowest BCUT2D eigenvalue weighted by atomic mass is 9.95. The zero-order valence-electron chi connectivity index (χ0n) is 10.2. The number of fused-ring (bicyclic) bond motifs is 1. The first-order chi connectivity index (χ1) is 8.66. The van der Waals surface area contributed by atoms with Gasteiger partial charge in [0.2, 0.25) is 0 Å². The van der Waals surface area contributed by atoms with Crippen LogP contribution in [0.4, 0.5) is 0 Å². The normalized spacial score (nSPS) is 16.8. The van der Waals surface area contributed by atoms with Crippen LogP contribution in [-0.2, 0) is 19.9 Å². The van der Waals surface area contributed by atoms with E-state index in [0.717, 1.165) is 23.1 Å². The standard InChI is InChI=1S/C13H15BrN4/c1-18-12(13(14)16-17-18)11(15)10-6-8-4-2-3-5-9(8)7-10/h2-5,10-11H,6-7,15H2,1H3. The van der Waals surface area contributed by atoms with Gasteiger partial charge in [-0.15, -0.1) is 5.10 Å². The maximum Gasteiger partial charge on any atom is 0.153 e. The Morgan fingerprint density at radius 3 is 2.44 bits per heavy atom. The van der Waals surface area contributed by atoms with E-state index in [1.807, 2.05) is 7.05 Å². The van der Waals surface area contributed by atoms with E-state index in [0.29, 0.717) is 5.92 Å². The van der Waals surface area contributed by atoms with E-state index >= 15 is 0 Å². The van der Waals surface area contributed by atoms with Crippen molar-refractivity contribution in [1.29, 1.82) is 0 Å². The van der Waals surface area contributed by atoms with Crippen molar-refractivity contribution in [2.45, 2.75) is 18.9 Å². The van der Waals surface area contributed by atoms with Crippen molar-refractivity contribution < 1.29 is 0 Å². The van der Waals surface area contributed by atoms with Crippen LogP contribution >= 0.6 is 15.9 Å². The van der Waals surface area contributed by atoms with E-state index in [1.54, 1.807) is 4.68 Å². The summed E-state index contributed by atoms with van der Waals surface area (Å²) in [6.45, 7) is 0. The highest BCUT2D eigenvalue weighted by Crippen LogP contribution is 2.35. The summed E-state index contributed by atoms with van der Waals surface area (Å²) in [4.78, 5) is 0. The van der Waals surface area contributed by atoms with E-state index in [2.05, 4.69) is 50.5 Å². The summed E-state index contributed by atoms with van der Waals surface area (Å²) in [6.07, 6.45) is 2.07. The zero-order valence-corrected chi connectivity index (χ0v) is 11.8. The average molecular weight is 307 g/mol. The summed E-state index contributed by atoms with van der Waals surface area (Å²) < 4.78 is 2.52. The molecule has 3 rings (SSSR count). The Kier molecular flexibility index (Phi) is 2.95. The van der Waals surface area contributed by atoms with Gasteiger partial charge in [-0.1, -0.05) is 29.5 Å². The molecule has 2 N–H and O–H groups in total. The van der Waals surface area contributed by atoms with Crippen LogP contribution in [0.15, 0.2) is 28.9 Å². The lowest BCUT2D eigenvalue weighted by molar-refractivity contribution is 0.428. The number of hydrogen-bond acceptors (Lipinski definition) is 3. The Balaban J connectivity index is 1.87. The summed E-state index contributed by atoms with van der Waals surface area (Å²) in [5.41, 5.74) is 10.2. The quantitative estimate of drug-likeness (QED) is 0.923. The van der Waals surface area contributed by atoms with Crippen LogP contribution in [0.1, 0.15) is 22.9 Å². The van der Waals surface area contributed by atoms with E-state index in [-0.39, 0.29) is 6.04 Å². The molecular formula is C13H15BrN4. The Hall–Kier alpha value is -1.20. The van der Waals surface area contributed by atoms with E-state index in [9.17, 15) is 0 Å². The second-order valence-corrected chi connectivity index (χ2v) is 5.60. The van der Waals surface area contributed by atoms with Gasteiger partial charge in [-0.05, 0) is 45.8 Å². The fourth-order valence-corrected chi connectivity index (χ4v) is 3.35. The van der Waals surface area contributed by atoms with Crippen LogP contribution in [0.25, 0.3) is 0 Å². The van der Waals surface area contributed by atoms with Crippen LogP contribution in [0.3, 0.4) is 0 Å². The maximum absolute atomic E-state index is 6.39. The molecule has 5 heteroatoms. The molecule has 0 saturated carbocycles. The first kappa shape index (κ1) is 11.9. The molecule has 0 fully saturated rings. The summed E-state index contributed by atoms with van der Waals surface area (Å²) in [5, 5.41) is 8.00. The van der Waals surface area contributed by atoms with Crippen molar-refractivity contribution in [2.75, 3.05) is 0 Å². The van der Waals surface area contributed by atoms with Crippen molar-refractivity contribution >= 4 is 15.9 Å². The van der Waals surface area contributed by atoms with Crippen LogP contribution < -0.4 is 5.73 Å². The minimum atomic E-state index is -0.0354.